The normalized spacial score (nSPS) is 23.0. The summed E-state index contributed by atoms with van der Waals surface area (Å²) in [5.74, 6) is 0.673. The third-order valence-corrected chi connectivity index (χ3v) is 4.45. The number of nitrogens with two attached hydrogens (primary N) is 1. The van der Waals surface area contributed by atoms with Crippen molar-refractivity contribution >= 4 is 29.1 Å². The summed E-state index contributed by atoms with van der Waals surface area (Å²) >= 11 is 1.88. The number of thioether (sulfide) groups is 1. The van der Waals surface area contributed by atoms with E-state index >= 15 is 0 Å². The highest BCUT2D eigenvalue weighted by Gasteiger charge is 2.22. The summed E-state index contributed by atoms with van der Waals surface area (Å²) in [6, 6.07) is 3.04. The summed E-state index contributed by atoms with van der Waals surface area (Å²) in [4.78, 5) is 14.5. The molecule has 19 heavy (non-hydrogen) atoms. The number of anilines is 2. The lowest BCUT2D eigenvalue weighted by Crippen LogP contribution is -2.28. The summed E-state index contributed by atoms with van der Waals surface area (Å²) < 4.78 is 0. The lowest BCUT2D eigenvalue weighted by molar-refractivity contribution is -0.384. The van der Waals surface area contributed by atoms with Gasteiger partial charge in [-0.2, -0.15) is 11.8 Å². The van der Waals surface area contributed by atoms with E-state index in [0.29, 0.717) is 17.1 Å². The SMILES string of the molecule is CSC1CCCC(Nc2cc([N+](=O)[O-])cc(N)n2)C1. The van der Waals surface area contributed by atoms with Crippen molar-refractivity contribution in [3.05, 3.63) is 22.2 Å². The zero-order chi connectivity index (χ0) is 13.8. The Kier molecular flexibility index (Phi) is 4.47. The topological polar surface area (TPSA) is 94.1 Å². The summed E-state index contributed by atoms with van der Waals surface area (Å²) in [5.41, 5.74) is 5.58. The highest BCUT2D eigenvalue weighted by Crippen LogP contribution is 2.29. The zero-order valence-electron chi connectivity index (χ0n) is 10.8. The van der Waals surface area contributed by atoms with Crippen LogP contribution in [0.2, 0.25) is 0 Å². The molecule has 1 aliphatic rings. The summed E-state index contributed by atoms with van der Waals surface area (Å²) in [7, 11) is 0. The van der Waals surface area contributed by atoms with Crippen LogP contribution in [0.1, 0.15) is 25.7 Å². The molecule has 0 aromatic carbocycles. The Morgan fingerprint density at radius 2 is 2.32 bits per heavy atom. The van der Waals surface area contributed by atoms with E-state index in [2.05, 4.69) is 16.6 Å². The van der Waals surface area contributed by atoms with Gasteiger partial charge in [0.15, 0.2) is 0 Å². The first-order valence-corrected chi connectivity index (χ1v) is 7.58. The van der Waals surface area contributed by atoms with E-state index in [1.54, 1.807) is 0 Å². The van der Waals surface area contributed by atoms with Crippen LogP contribution in [0.15, 0.2) is 12.1 Å². The second kappa shape index (κ2) is 6.10. The second-order valence-electron chi connectivity index (χ2n) is 4.76. The molecule has 1 saturated carbocycles. The van der Waals surface area contributed by atoms with Crippen molar-refractivity contribution in [1.82, 2.24) is 4.98 Å². The highest BCUT2D eigenvalue weighted by atomic mass is 32.2. The lowest BCUT2D eigenvalue weighted by Gasteiger charge is -2.29. The van der Waals surface area contributed by atoms with Gasteiger partial charge in [-0.05, 0) is 25.5 Å². The smallest absolute Gasteiger partial charge is 0.276 e. The molecule has 0 radical (unpaired) electrons. The fourth-order valence-corrected chi connectivity index (χ4v) is 3.24. The molecule has 2 unspecified atom stereocenters. The molecule has 1 aliphatic carbocycles. The number of rotatable bonds is 4. The first-order chi connectivity index (χ1) is 9.08. The van der Waals surface area contributed by atoms with Gasteiger partial charge in [0, 0.05) is 11.3 Å². The molecule has 6 nitrogen and oxygen atoms in total. The highest BCUT2D eigenvalue weighted by molar-refractivity contribution is 7.99. The first-order valence-electron chi connectivity index (χ1n) is 6.29. The third-order valence-electron chi connectivity index (χ3n) is 3.35. The second-order valence-corrected chi connectivity index (χ2v) is 5.90. The largest absolute Gasteiger partial charge is 0.383 e. The van der Waals surface area contributed by atoms with Crippen LogP contribution in [0, 0.1) is 10.1 Å². The number of nitrogens with zero attached hydrogens (tertiary/aromatic N) is 2. The van der Waals surface area contributed by atoms with Crippen LogP contribution in [0.3, 0.4) is 0 Å². The predicted molar refractivity (Wildman–Crippen MR) is 78.5 cm³/mol. The van der Waals surface area contributed by atoms with Gasteiger partial charge in [0.25, 0.3) is 5.69 Å². The molecular weight excluding hydrogens is 264 g/mol. The Bertz CT molecular complexity index is 469. The molecule has 7 heteroatoms. The van der Waals surface area contributed by atoms with Crippen LogP contribution >= 0.6 is 11.8 Å². The van der Waals surface area contributed by atoms with E-state index in [9.17, 15) is 10.1 Å². The minimum absolute atomic E-state index is 0.0211. The van der Waals surface area contributed by atoms with Gasteiger partial charge in [0.05, 0.1) is 17.1 Å². The van der Waals surface area contributed by atoms with E-state index in [4.69, 9.17) is 5.73 Å². The molecule has 3 N–H and O–H groups in total. The first kappa shape index (κ1) is 13.9. The summed E-state index contributed by atoms with van der Waals surface area (Å²) in [6.07, 6.45) is 6.67. The Balaban J connectivity index is 2.08. The molecule has 1 aromatic rings. The molecular formula is C12H18N4O2S. The maximum Gasteiger partial charge on any atom is 0.276 e. The monoisotopic (exact) mass is 282 g/mol. The number of pyridine rings is 1. The molecule has 0 aliphatic heterocycles. The minimum Gasteiger partial charge on any atom is -0.383 e. The van der Waals surface area contributed by atoms with Crippen LogP contribution < -0.4 is 11.1 Å². The molecule has 0 bridgehead atoms. The third kappa shape index (κ3) is 3.73. The van der Waals surface area contributed by atoms with Crippen LogP contribution in [0.4, 0.5) is 17.3 Å². The Labute approximate surface area is 116 Å². The van der Waals surface area contributed by atoms with Crippen molar-refractivity contribution in [3.63, 3.8) is 0 Å². The van der Waals surface area contributed by atoms with Gasteiger partial charge < -0.3 is 11.1 Å². The molecule has 1 aromatic heterocycles. The average molecular weight is 282 g/mol. The standard InChI is InChI=1S/C12H18N4O2S/c1-19-10-4-2-3-8(5-10)14-12-7-9(16(17)18)6-11(13)15-12/h6-8,10H,2-5H2,1H3,(H3,13,14,15). The molecule has 1 fully saturated rings. The van der Waals surface area contributed by atoms with E-state index in [-0.39, 0.29) is 11.5 Å². The predicted octanol–water partition coefficient (Wildman–Crippen LogP) is 2.66. The molecule has 0 amide bonds. The lowest BCUT2D eigenvalue weighted by atomic mass is 9.95. The number of nitrogen functional groups attached to an aromatic ring is 1. The quantitative estimate of drug-likeness (QED) is 0.651. The number of hydrogen-bond donors (Lipinski definition) is 2. The van der Waals surface area contributed by atoms with Crippen molar-refractivity contribution in [2.45, 2.75) is 37.0 Å². The van der Waals surface area contributed by atoms with Gasteiger partial charge in [-0.3, -0.25) is 10.1 Å². The number of nitrogens with one attached hydrogen (secondary N) is 1. The molecule has 2 atom stereocenters. The van der Waals surface area contributed by atoms with Gasteiger partial charge in [-0.15, -0.1) is 0 Å². The summed E-state index contributed by atoms with van der Waals surface area (Å²) in [6.45, 7) is 0. The minimum atomic E-state index is -0.450. The summed E-state index contributed by atoms with van der Waals surface area (Å²) in [5, 5.41) is 14.7. The maximum absolute atomic E-state index is 10.8. The van der Waals surface area contributed by atoms with Crippen LogP contribution in [-0.2, 0) is 0 Å². The van der Waals surface area contributed by atoms with Gasteiger partial charge >= 0.3 is 0 Å². The van der Waals surface area contributed by atoms with Crippen molar-refractivity contribution in [2.24, 2.45) is 0 Å². The van der Waals surface area contributed by atoms with Gasteiger partial charge in [-0.1, -0.05) is 6.42 Å². The van der Waals surface area contributed by atoms with Crippen molar-refractivity contribution < 1.29 is 4.92 Å². The molecule has 0 saturated heterocycles. The molecule has 104 valence electrons. The average Bonchev–Trinajstić information content (AvgIpc) is 2.38. The van der Waals surface area contributed by atoms with Crippen LogP contribution in [0.5, 0.6) is 0 Å². The number of nitro groups is 1. The van der Waals surface area contributed by atoms with Crippen molar-refractivity contribution in [1.29, 1.82) is 0 Å². The van der Waals surface area contributed by atoms with E-state index in [0.717, 1.165) is 12.8 Å². The Hall–Kier alpha value is -1.50. The van der Waals surface area contributed by atoms with Gasteiger partial charge in [-0.25, -0.2) is 4.98 Å². The van der Waals surface area contributed by atoms with E-state index in [1.165, 1.54) is 25.0 Å². The molecule has 2 rings (SSSR count). The van der Waals surface area contributed by atoms with Crippen molar-refractivity contribution in [2.75, 3.05) is 17.3 Å². The number of aromatic nitrogens is 1. The molecule has 0 spiro atoms. The maximum atomic E-state index is 10.8. The molecule has 1 heterocycles. The van der Waals surface area contributed by atoms with Crippen LogP contribution in [0.25, 0.3) is 0 Å². The zero-order valence-corrected chi connectivity index (χ0v) is 11.7. The fourth-order valence-electron chi connectivity index (χ4n) is 2.42. The number of hydrogen-bond acceptors (Lipinski definition) is 6. The van der Waals surface area contributed by atoms with Crippen LogP contribution in [-0.4, -0.2) is 27.5 Å². The fraction of sp³-hybridized carbons (Fsp3) is 0.583. The van der Waals surface area contributed by atoms with Gasteiger partial charge in [0.2, 0.25) is 0 Å². The Morgan fingerprint density at radius 3 is 3.00 bits per heavy atom. The van der Waals surface area contributed by atoms with Crippen molar-refractivity contribution in [3.8, 4) is 0 Å². The Morgan fingerprint density at radius 1 is 1.53 bits per heavy atom. The van der Waals surface area contributed by atoms with E-state index in [1.807, 2.05) is 11.8 Å². The van der Waals surface area contributed by atoms with Gasteiger partial charge in [0.1, 0.15) is 11.6 Å². The van der Waals surface area contributed by atoms with E-state index < -0.39 is 4.92 Å².